The monoisotopic (exact) mass is 279 g/mol. The highest BCUT2D eigenvalue weighted by Crippen LogP contribution is 2.33. The number of hydrogen-bond donors (Lipinski definition) is 1. The van der Waals surface area contributed by atoms with Gasteiger partial charge in [-0.2, -0.15) is 0 Å². The highest BCUT2D eigenvalue weighted by Gasteiger charge is 2.17. The van der Waals surface area contributed by atoms with Crippen molar-refractivity contribution in [2.75, 3.05) is 19.0 Å². The van der Waals surface area contributed by atoms with E-state index in [0.717, 1.165) is 16.0 Å². The molecule has 104 valence electrons. The minimum atomic E-state index is 0.253. The minimum Gasteiger partial charge on any atom is -0.383 e. The molecule has 0 bridgehead atoms. The van der Waals surface area contributed by atoms with Gasteiger partial charge in [0, 0.05) is 12.0 Å². The third kappa shape index (κ3) is 2.87. The number of methoxy groups -OCH3 is 1. The highest BCUT2D eigenvalue weighted by molar-refractivity contribution is 7.18. The average molecular weight is 279 g/mol. The molecule has 1 atom stereocenters. The number of ether oxygens (including phenoxy) is 1. The molecule has 1 unspecified atom stereocenters. The van der Waals surface area contributed by atoms with Gasteiger partial charge in [-0.25, -0.2) is 9.97 Å². The molecule has 2 heterocycles. The summed E-state index contributed by atoms with van der Waals surface area (Å²) in [6.07, 6.45) is 1.63. The van der Waals surface area contributed by atoms with E-state index in [0.29, 0.717) is 12.5 Å². The third-order valence-electron chi connectivity index (χ3n) is 3.44. The summed E-state index contributed by atoms with van der Waals surface area (Å²) < 4.78 is 5.28. The molecule has 5 heteroatoms. The van der Waals surface area contributed by atoms with Crippen molar-refractivity contribution in [2.45, 2.75) is 33.7 Å². The Morgan fingerprint density at radius 3 is 2.68 bits per heavy atom. The fourth-order valence-corrected chi connectivity index (χ4v) is 3.04. The summed E-state index contributed by atoms with van der Waals surface area (Å²) in [5.41, 5.74) is 1.27. The van der Waals surface area contributed by atoms with Crippen LogP contribution in [0.15, 0.2) is 6.33 Å². The Labute approximate surface area is 118 Å². The van der Waals surface area contributed by atoms with Gasteiger partial charge in [-0.1, -0.05) is 13.8 Å². The van der Waals surface area contributed by atoms with Crippen molar-refractivity contribution >= 4 is 27.4 Å². The Hall–Kier alpha value is -1.20. The Morgan fingerprint density at radius 1 is 1.32 bits per heavy atom. The van der Waals surface area contributed by atoms with E-state index in [4.69, 9.17) is 4.74 Å². The molecule has 0 saturated carbocycles. The zero-order chi connectivity index (χ0) is 14.0. The summed E-state index contributed by atoms with van der Waals surface area (Å²) in [6.45, 7) is 9.29. The quantitative estimate of drug-likeness (QED) is 0.911. The summed E-state index contributed by atoms with van der Waals surface area (Å²) in [6, 6.07) is 0.253. The first-order chi connectivity index (χ1) is 9.04. The number of fused-ring (bicyclic) bond motifs is 1. The third-order valence-corrected chi connectivity index (χ3v) is 4.55. The maximum absolute atomic E-state index is 5.28. The van der Waals surface area contributed by atoms with Crippen molar-refractivity contribution in [2.24, 2.45) is 5.92 Å². The number of thiophene rings is 1. The topological polar surface area (TPSA) is 47.0 Å². The maximum atomic E-state index is 5.28. The maximum Gasteiger partial charge on any atom is 0.138 e. The second kappa shape index (κ2) is 5.84. The predicted octanol–water partition coefficient (Wildman–Crippen LogP) is 3.39. The largest absolute Gasteiger partial charge is 0.383 e. The number of nitrogens with one attached hydrogen (secondary N) is 1. The summed E-state index contributed by atoms with van der Waals surface area (Å²) in [5, 5.41) is 4.65. The van der Waals surface area contributed by atoms with Crippen molar-refractivity contribution < 1.29 is 4.74 Å². The van der Waals surface area contributed by atoms with E-state index < -0.39 is 0 Å². The van der Waals surface area contributed by atoms with E-state index in [9.17, 15) is 0 Å². The molecule has 2 aromatic rings. The van der Waals surface area contributed by atoms with Crippen molar-refractivity contribution in [1.29, 1.82) is 0 Å². The van der Waals surface area contributed by atoms with Crippen LogP contribution >= 0.6 is 11.3 Å². The summed E-state index contributed by atoms with van der Waals surface area (Å²) in [7, 11) is 1.73. The molecule has 0 aliphatic rings. The van der Waals surface area contributed by atoms with Gasteiger partial charge in [0.2, 0.25) is 0 Å². The summed E-state index contributed by atoms with van der Waals surface area (Å²) in [4.78, 5) is 11.1. The molecule has 0 saturated heterocycles. The number of anilines is 1. The molecular weight excluding hydrogens is 258 g/mol. The lowest BCUT2D eigenvalue weighted by atomic mass is 10.1. The van der Waals surface area contributed by atoms with Crippen LogP contribution in [-0.2, 0) is 4.74 Å². The van der Waals surface area contributed by atoms with Crippen molar-refractivity contribution in [3.63, 3.8) is 0 Å². The molecule has 0 radical (unpaired) electrons. The molecule has 1 N–H and O–H groups in total. The van der Waals surface area contributed by atoms with Crippen molar-refractivity contribution in [3.05, 3.63) is 16.8 Å². The van der Waals surface area contributed by atoms with E-state index in [1.807, 2.05) is 0 Å². The van der Waals surface area contributed by atoms with Crippen LogP contribution in [0.2, 0.25) is 0 Å². The van der Waals surface area contributed by atoms with E-state index in [1.165, 1.54) is 10.4 Å². The van der Waals surface area contributed by atoms with E-state index in [-0.39, 0.29) is 6.04 Å². The van der Waals surface area contributed by atoms with Crippen molar-refractivity contribution in [3.8, 4) is 0 Å². The zero-order valence-corrected chi connectivity index (χ0v) is 13.0. The van der Waals surface area contributed by atoms with Crippen LogP contribution in [0.1, 0.15) is 24.3 Å². The van der Waals surface area contributed by atoms with Crippen LogP contribution in [0.3, 0.4) is 0 Å². The Balaban J connectivity index is 2.39. The lowest BCUT2D eigenvalue weighted by Gasteiger charge is -2.22. The van der Waals surface area contributed by atoms with Gasteiger partial charge in [-0.05, 0) is 25.3 Å². The molecule has 0 spiro atoms. The first kappa shape index (κ1) is 14.2. The Bertz CT molecular complexity index is 565. The van der Waals surface area contributed by atoms with Crippen LogP contribution < -0.4 is 5.32 Å². The first-order valence-electron chi connectivity index (χ1n) is 6.50. The van der Waals surface area contributed by atoms with Gasteiger partial charge >= 0.3 is 0 Å². The molecule has 19 heavy (non-hydrogen) atoms. The number of aryl methyl sites for hydroxylation is 2. The molecule has 4 nitrogen and oxygen atoms in total. The van der Waals surface area contributed by atoms with Gasteiger partial charge in [0.15, 0.2) is 0 Å². The van der Waals surface area contributed by atoms with Gasteiger partial charge in [-0.15, -0.1) is 11.3 Å². The molecule has 0 fully saturated rings. The zero-order valence-electron chi connectivity index (χ0n) is 12.2. The van der Waals surface area contributed by atoms with Crippen molar-refractivity contribution in [1.82, 2.24) is 9.97 Å². The van der Waals surface area contributed by atoms with Crippen LogP contribution in [0.25, 0.3) is 10.2 Å². The molecular formula is C14H21N3OS. The van der Waals surface area contributed by atoms with E-state index in [1.54, 1.807) is 24.8 Å². The van der Waals surface area contributed by atoms with Gasteiger partial charge in [0.1, 0.15) is 17.0 Å². The second-order valence-electron chi connectivity index (χ2n) is 5.14. The fourth-order valence-electron chi connectivity index (χ4n) is 2.05. The van der Waals surface area contributed by atoms with E-state index in [2.05, 4.69) is 43.0 Å². The molecule has 0 aliphatic carbocycles. The standard InChI is InChI=1S/C14H21N3OS/c1-8(2)11(6-18-5)17-13-12-9(3)10(4)19-14(12)16-7-15-13/h7-8,11H,6H2,1-5H3,(H,15,16,17). The second-order valence-corrected chi connectivity index (χ2v) is 6.34. The van der Waals surface area contributed by atoms with Gasteiger partial charge in [0.05, 0.1) is 18.0 Å². The average Bonchev–Trinajstić information content (AvgIpc) is 2.65. The number of nitrogens with zero attached hydrogens (tertiary/aromatic N) is 2. The molecule has 2 aromatic heterocycles. The number of rotatable bonds is 5. The molecule has 2 rings (SSSR count). The molecule has 0 amide bonds. The van der Waals surface area contributed by atoms with Crippen LogP contribution in [0.4, 0.5) is 5.82 Å². The van der Waals surface area contributed by atoms with Gasteiger partial charge in [-0.3, -0.25) is 0 Å². The fraction of sp³-hybridized carbons (Fsp3) is 0.571. The first-order valence-corrected chi connectivity index (χ1v) is 7.32. The number of hydrogen-bond acceptors (Lipinski definition) is 5. The lowest BCUT2D eigenvalue weighted by Crippen LogP contribution is -2.30. The smallest absolute Gasteiger partial charge is 0.138 e. The normalized spacial score (nSPS) is 13.2. The SMILES string of the molecule is COCC(Nc1ncnc2sc(C)c(C)c12)C(C)C. The minimum absolute atomic E-state index is 0.253. The lowest BCUT2D eigenvalue weighted by molar-refractivity contribution is 0.171. The molecule has 0 aromatic carbocycles. The number of aromatic nitrogens is 2. The highest BCUT2D eigenvalue weighted by atomic mass is 32.1. The van der Waals surface area contributed by atoms with Crippen LogP contribution in [0, 0.1) is 19.8 Å². The van der Waals surface area contributed by atoms with E-state index >= 15 is 0 Å². The van der Waals surface area contributed by atoms with Crippen LogP contribution in [-0.4, -0.2) is 29.7 Å². The van der Waals surface area contributed by atoms with Gasteiger partial charge in [0.25, 0.3) is 0 Å². The Kier molecular flexibility index (Phi) is 4.37. The van der Waals surface area contributed by atoms with Crippen LogP contribution in [0.5, 0.6) is 0 Å². The molecule has 0 aliphatic heterocycles. The summed E-state index contributed by atoms with van der Waals surface area (Å²) in [5.74, 6) is 1.40. The van der Waals surface area contributed by atoms with Gasteiger partial charge < -0.3 is 10.1 Å². The Morgan fingerprint density at radius 2 is 2.05 bits per heavy atom. The predicted molar refractivity (Wildman–Crippen MR) is 81.0 cm³/mol. The summed E-state index contributed by atoms with van der Waals surface area (Å²) >= 11 is 1.72.